The lowest BCUT2D eigenvalue weighted by molar-refractivity contribution is -0.117. The van der Waals surface area contributed by atoms with Crippen molar-refractivity contribution >= 4 is 5.91 Å². The molecule has 5 heteroatoms. The average molecular weight is 313 g/mol. The molecule has 0 fully saturated rings. The first-order valence-electron chi connectivity index (χ1n) is 8.03. The van der Waals surface area contributed by atoms with Gasteiger partial charge in [0.15, 0.2) is 0 Å². The molecule has 1 aliphatic rings. The maximum Gasteiger partial charge on any atom is 0.263 e. The smallest absolute Gasteiger partial charge is 0.263 e. The van der Waals surface area contributed by atoms with Crippen LogP contribution in [0.3, 0.4) is 0 Å². The molecule has 1 heterocycles. The van der Waals surface area contributed by atoms with E-state index in [0.717, 1.165) is 25.9 Å². The Labute approximate surface area is 137 Å². The number of hydrogen-bond donors (Lipinski definition) is 1. The number of nitrogens with one attached hydrogen (secondary N) is 1. The van der Waals surface area contributed by atoms with Crippen LogP contribution in [0.2, 0.25) is 0 Å². The Hall–Kier alpha value is -2.32. The van der Waals surface area contributed by atoms with E-state index in [9.17, 15) is 10.1 Å². The Morgan fingerprint density at radius 3 is 2.96 bits per heavy atom. The summed E-state index contributed by atoms with van der Waals surface area (Å²) in [6.07, 6.45) is 3.35. The average Bonchev–Trinajstić information content (AvgIpc) is 2.59. The van der Waals surface area contributed by atoms with Crippen molar-refractivity contribution in [2.24, 2.45) is 0 Å². The van der Waals surface area contributed by atoms with Crippen molar-refractivity contribution in [3.63, 3.8) is 0 Å². The van der Waals surface area contributed by atoms with Crippen molar-refractivity contribution < 1.29 is 9.53 Å². The number of carbonyl (C=O) groups excluding carboxylic acids is 1. The van der Waals surface area contributed by atoms with Crippen molar-refractivity contribution in [3.8, 4) is 6.07 Å². The van der Waals surface area contributed by atoms with Crippen molar-refractivity contribution in [3.05, 3.63) is 47.2 Å². The van der Waals surface area contributed by atoms with Crippen molar-refractivity contribution in [1.82, 2.24) is 10.2 Å². The SMILES string of the molecule is CCOCCCNC(=O)/C(C#N)=C\N1CCc2ccccc2C1. The van der Waals surface area contributed by atoms with Crippen LogP contribution < -0.4 is 5.32 Å². The summed E-state index contributed by atoms with van der Waals surface area (Å²) >= 11 is 0. The molecule has 23 heavy (non-hydrogen) atoms. The fourth-order valence-corrected chi connectivity index (χ4v) is 2.56. The highest BCUT2D eigenvalue weighted by Gasteiger charge is 2.16. The van der Waals surface area contributed by atoms with Gasteiger partial charge in [0.1, 0.15) is 11.6 Å². The van der Waals surface area contributed by atoms with Crippen molar-refractivity contribution in [1.29, 1.82) is 5.26 Å². The quantitative estimate of drug-likeness (QED) is 0.475. The summed E-state index contributed by atoms with van der Waals surface area (Å²) in [5.41, 5.74) is 2.75. The molecule has 0 spiro atoms. The monoisotopic (exact) mass is 313 g/mol. The molecule has 0 bridgehead atoms. The third kappa shape index (κ3) is 5.11. The van der Waals surface area contributed by atoms with Gasteiger partial charge in [-0.05, 0) is 30.9 Å². The van der Waals surface area contributed by atoms with E-state index in [2.05, 4.69) is 17.4 Å². The number of nitriles is 1. The van der Waals surface area contributed by atoms with Crippen LogP contribution in [0, 0.1) is 11.3 Å². The summed E-state index contributed by atoms with van der Waals surface area (Å²) in [4.78, 5) is 14.1. The van der Waals surface area contributed by atoms with Crippen LogP contribution in [0.25, 0.3) is 0 Å². The Kier molecular flexibility index (Phi) is 6.64. The van der Waals surface area contributed by atoms with Gasteiger partial charge in [-0.15, -0.1) is 0 Å². The molecule has 1 aliphatic heterocycles. The highest BCUT2D eigenvalue weighted by Crippen LogP contribution is 2.19. The summed E-state index contributed by atoms with van der Waals surface area (Å²) in [7, 11) is 0. The zero-order valence-corrected chi connectivity index (χ0v) is 13.5. The number of benzene rings is 1. The van der Waals surface area contributed by atoms with Gasteiger partial charge in [0, 0.05) is 39.0 Å². The predicted octanol–water partition coefficient (Wildman–Crippen LogP) is 1.99. The van der Waals surface area contributed by atoms with E-state index in [0.29, 0.717) is 19.8 Å². The molecule has 0 radical (unpaired) electrons. The zero-order valence-electron chi connectivity index (χ0n) is 13.5. The van der Waals surface area contributed by atoms with E-state index in [1.54, 1.807) is 6.20 Å². The first-order valence-corrected chi connectivity index (χ1v) is 8.03. The molecule has 5 nitrogen and oxygen atoms in total. The summed E-state index contributed by atoms with van der Waals surface area (Å²) in [6, 6.07) is 10.3. The molecule has 1 aromatic carbocycles. The molecule has 1 amide bonds. The topological polar surface area (TPSA) is 65.4 Å². The lowest BCUT2D eigenvalue weighted by Crippen LogP contribution is -2.30. The minimum absolute atomic E-state index is 0.154. The number of carbonyl (C=O) groups is 1. The van der Waals surface area contributed by atoms with Gasteiger partial charge in [-0.25, -0.2) is 0 Å². The molecule has 0 aromatic heterocycles. The molecule has 0 aliphatic carbocycles. The molecule has 2 rings (SSSR count). The second-order valence-corrected chi connectivity index (χ2v) is 5.45. The van der Waals surface area contributed by atoms with Crippen LogP contribution in [0.4, 0.5) is 0 Å². The third-order valence-corrected chi connectivity index (χ3v) is 3.79. The van der Waals surface area contributed by atoms with Gasteiger partial charge in [0.25, 0.3) is 5.91 Å². The summed E-state index contributed by atoms with van der Waals surface area (Å²) in [6.45, 7) is 5.30. The van der Waals surface area contributed by atoms with Crippen LogP contribution in [0.5, 0.6) is 0 Å². The van der Waals surface area contributed by atoms with E-state index in [4.69, 9.17) is 4.74 Å². The van der Waals surface area contributed by atoms with Crippen LogP contribution >= 0.6 is 0 Å². The fraction of sp³-hybridized carbons (Fsp3) is 0.444. The van der Waals surface area contributed by atoms with Gasteiger partial charge in [0.05, 0.1) is 0 Å². The molecule has 1 N–H and O–H groups in total. The van der Waals surface area contributed by atoms with Crippen LogP contribution in [-0.2, 0) is 22.5 Å². The van der Waals surface area contributed by atoms with E-state index < -0.39 is 0 Å². The van der Waals surface area contributed by atoms with Gasteiger partial charge in [-0.1, -0.05) is 24.3 Å². The number of fused-ring (bicyclic) bond motifs is 1. The lowest BCUT2D eigenvalue weighted by atomic mass is 10.0. The van der Waals surface area contributed by atoms with E-state index in [-0.39, 0.29) is 11.5 Å². The molecular weight excluding hydrogens is 290 g/mol. The van der Waals surface area contributed by atoms with Gasteiger partial charge in [-0.2, -0.15) is 5.26 Å². The Balaban J connectivity index is 1.89. The zero-order chi connectivity index (χ0) is 16.5. The summed E-state index contributed by atoms with van der Waals surface area (Å²) in [5.74, 6) is -0.317. The molecule has 0 atom stereocenters. The van der Waals surface area contributed by atoms with E-state index >= 15 is 0 Å². The Bertz CT molecular complexity index is 605. The summed E-state index contributed by atoms with van der Waals surface area (Å²) in [5, 5.41) is 12.0. The normalized spacial score (nSPS) is 14.1. The van der Waals surface area contributed by atoms with Gasteiger partial charge < -0.3 is 15.0 Å². The van der Waals surface area contributed by atoms with Crippen LogP contribution in [0.1, 0.15) is 24.5 Å². The third-order valence-electron chi connectivity index (χ3n) is 3.79. The highest BCUT2D eigenvalue weighted by atomic mass is 16.5. The van der Waals surface area contributed by atoms with Crippen LogP contribution in [-0.4, -0.2) is 37.1 Å². The highest BCUT2D eigenvalue weighted by molar-refractivity contribution is 5.97. The van der Waals surface area contributed by atoms with Gasteiger partial charge >= 0.3 is 0 Å². The molecule has 0 saturated heterocycles. The largest absolute Gasteiger partial charge is 0.382 e. The van der Waals surface area contributed by atoms with Crippen molar-refractivity contribution in [2.75, 3.05) is 26.3 Å². The van der Waals surface area contributed by atoms with Crippen LogP contribution in [0.15, 0.2) is 36.0 Å². The maximum absolute atomic E-state index is 12.1. The molecule has 122 valence electrons. The van der Waals surface area contributed by atoms with Gasteiger partial charge in [0.2, 0.25) is 0 Å². The minimum atomic E-state index is -0.317. The number of ether oxygens (including phenoxy) is 1. The first kappa shape index (κ1) is 17.0. The fourth-order valence-electron chi connectivity index (χ4n) is 2.56. The van der Waals surface area contributed by atoms with E-state index in [1.165, 1.54) is 11.1 Å². The lowest BCUT2D eigenvalue weighted by Gasteiger charge is -2.27. The minimum Gasteiger partial charge on any atom is -0.382 e. The molecule has 1 aromatic rings. The van der Waals surface area contributed by atoms with E-state index in [1.807, 2.05) is 30.0 Å². The maximum atomic E-state index is 12.1. The predicted molar refractivity (Wildman–Crippen MR) is 88.4 cm³/mol. The summed E-state index contributed by atoms with van der Waals surface area (Å²) < 4.78 is 5.22. The number of rotatable bonds is 7. The Morgan fingerprint density at radius 2 is 2.22 bits per heavy atom. The van der Waals surface area contributed by atoms with Crippen molar-refractivity contribution in [2.45, 2.75) is 26.3 Å². The second-order valence-electron chi connectivity index (χ2n) is 5.45. The number of amides is 1. The Morgan fingerprint density at radius 1 is 1.43 bits per heavy atom. The standard InChI is InChI=1S/C18H23N3O2/c1-2-23-11-5-9-20-18(22)17(12-19)14-21-10-8-15-6-3-4-7-16(15)13-21/h3-4,6-7,14H,2,5,8-11,13H2,1H3,(H,20,22)/b17-14-. The molecule has 0 unspecified atom stereocenters. The number of nitrogens with zero attached hydrogens (tertiary/aromatic N) is 2. The van der Waals surface area contributed by atoms with Gasteiger partial charge in [-0.3, -0.25) is 4.79 Å². The first-order chi connectivity index (χ1) is 11.2. The molecule has 0 saturated carbocycles. The number of hydrogen-bond acceptors (Lipinski definition) is 4. The second kappa shape index (κ2) is 8.96. The molecular formula is C18H23N3O2.